The van der Waals surface area contributed by atoms with Gasteiger partial charge in [0, 0.05) is 18.3 Å². The Morgan fingerprint density at radius 3 is 2.64 bits per heavy atom. The fraction of sp³-hybridized carbons (Fsp3) is 0.381. The van der Waals surface area contributed by atoms with Crippen LogP contribution in [-0.4, -0.2) is 30.2 Å². The van der Waals surface area contributed by atoms with Crippen LogP contribution in [0, 0.1) is 6.92 Å². The number of ether oxygens (including phenoxy) is 2. The lowest BCUT2D eigenvalue weighted by molar-refractivity contribution is -0.0514. The molecule has 150 valence electrons. The van der Waals surface area contributed by atoms with Gasteiger partial charge in [-0.3, -0.25) is 0 Å². The monoisotopic (exact) mass is 390 g/mol. The molecule has 28 heavy (non-hydrogen) atoms. The second-order valence-corrected chi connectivity index (χ2v) is 6.75. The van der Waals surface area contributed by atoms with Gasteiger partial charge in [0.25, 0.3) is 0 Å². The number of alkyl halides is 2. The van der Waals surface area contributed by atoms with Crippen molar-refractivity contribution in [2.24, 2.45) is 0 Å². The molecule has 0 saturated heterocycles. The van der Waals surface area contributed by atoms with Crippen molar-refractivity contribution in [3.05, 3.63) is 53.6 Å². The maximum absolute atomic E-state index is 12.8. The Kier molecular flexibility index (Phi) is 6.34. The zero-order valence-electron chi connectivity index (χ0n) is 16.0. The predicted molar refractivity (Wildman–Crippen MR) is 103 cm³/mol. The SMILES string of the molecule is CCOc1cc(CN(C(=O)Nc2cccc(C)c2)C2CC2)ccc1OC(F)F. The number of carbonyl (C=O) groups excluding carboxylic acids is 1. The van der Waals surface area contributed by atoms with Gasteiger partial charge in [0.15, 0.2) is 11.5 Å². The number of carbonyl (C=O) groups is 1. The molecule has 0 unspecified atom stereocenters. The molecule has 0 aromatic heterocycles. The van der Waals surface area contributed by atoms with Gasteiger partial charge in [0.05, 0.1) is 6.61 Å². The summed E-state index contributed by atoms with van der Waals surface area (Å²) in [4.78, 5) is 14.6. The molecule has 1 aliphatic carbocycles. The smallest absolute Gasteiger partial charge is 0.387 e. The molecule has 5 nitrogen and oxygen atoms in total. The summed E-state index contributed by atoms with van der Waals surface area (Å²) < 4.78 is 35.1. The molecule has 0 bridgehead atoms. The van der Waals surface area contributed by atoms with Gasteiger partial charge >= 0.3 is 12.6 Å². The highest BCUT2D eigenvalue weighted by Crippen LogP contribution is 2.33. The average Bonchev–Trinajstić information content (AvgIpc) is 3.46. The zero-order valence-corrected chi connectivity index (χ0v) is 16.0. The van der Waals surface area contributed by atoms with Crippen LogP contribution in [0.1, 0.15) is 30.9 Å². The van der Waals surface area contributed by atoms with Gasteiger partial charge in [-0.15, -0.1) is 0 Å². The number of halogens is 2. The molecule has 0 aliphatic heterocycles. The number of hydrogen-bond donors (Lipinski definition) is 1. The van der Waals surface area contributed by atoms with Crippen molar-refractivity contribution >= 4 is 11.7 Å². The van der Waals surface area contributed by atoms with Crippen LogP contribution in [0.15, 0.2) is 42.5 Å². The van der Waals surface area contributed by atoms with E-state index in [1.165, 1.54) is 6.07 Å². The van der Waals surface area contributed by atoms with Gasteiger partial charge in [-0.05, 0) is 62.1 Å². The molecule has 3 rings (SSSR count). The largest absolute Gasteiger partial charge is 0.490 e. The molecule has 7 heteroatoms. The summed E-state index contributed by atoms with van der Waals surface area (Å²) in [5.41, 5.74) is 2.59. The van der Waals surface area contributed by atoms with Gasteiger partial charge in [-0.1, -0.05) is 18.2 Å². The highest BCUT2D eigenvalue weighted by molar-refractivity contribution is 5.89. The highest BCUT2D eigenvalue weighted by Gasteiger charge is 2.33. The molecule has 0 heterocycles. The zero-order chi connectivity index (χ0) is 20.1. The summed E-state index contributed by atoms with van der Waals surface area (Å²) in [5.74, 6) is 0.234. The summed E-state index contributed by atoms with van der Waals surface area (Å²) >= 11 is 0. The second kappa shape index (κ2) is 8.91. The molecule has 2 aromatic carbocycles. The Hall–Kier alpha value is -2.83. The molecule has 2 amide bonds. The Bertz CT molecular complexity index is 825. The van der Waals surface area contributed by atoms with E-state index in [2.05, 4.69) is 10.1 Å². The lowest BCUT2D eigenvalue weighted by Gasteiger charge is -2.24. The molecule has 1 saturated carbocycles. The molecular formula is C21H24F2N2O3. The standard InChI is InChI=1S/C21H24F2N2O3/c1-3-27-19-12-15(7-10-18(19)28-20(22)23)13-25(17-8-9-17)21(26)24-16-6-4-5-14(2)11-16/h4-7,10-12,17,20H,3,8-9,13H2,1-2H3,(H,24,26). The summed E-state index contributed by atoms with van der Waals surface area (Å²) in [6.07, 6.45) is 1.90. The first-order valence-corrected chi connectivity index (χ1v) is 9.31. The van der Waals surface area contributed by atoms with Crippen LogP contribution < -0.4 is 14.8 Å². The van der Waals surface area contributed by atoms with Crippen LogP contribution in [0.3, 0.4) is 0 Å². The van der Waals surface area contributed by atoms with Crippen molar-refractivity contribution in [2.75, 3.05) is 11.9 Å². The molecule has 0 radical (unpaired) electrons. The second-order valence-electron chi connectivity index (χ2n) is 6.75. The number of rotatable bonds is 8. The fourth-order valence-corrected chi connectivity index (χ4v) is 2.98. The van der Waals surface area contributed by atoms with Crippen LogP contribution in [0.25, 0.3) is 0 Å². The van der Waals surface area contributed by atoms with Crippen LogP contribution in [0.5, 0.6) is 11.5 Å². The third-order valence-electron chi connectivity index (χ3n) is 4.39. The van der Waals surface area contributed by atoms with Crippen molar-refractivity contribution < 1.29 is 23.0 Å². The Balaban J connectivity index is 1.75. The van der Waals surface area contributed by atoms with Crippen molar-refractivity contribution in [1.82, 2.24) is 4.90 Å². The predicted octanol–water partition coefficient (Wildman–Crippen LogP) is 5.19. The number of aryl methyl sites for hydroxylation is 1. The van der Waals surface area contributed by atoms with E-state index in [4.69, 9.17) is 4.74 Å². The molecular weight excluding hydrogens is 366 g/mol. The van der Waals surface area contributed by atoms with E-state index in [9.17, 15) is 13.6 Å². The number of amides is 2. The number of benzene rings is 2. The summed E-state index contributed by atoms with van der Waals surface area (Å²) in [5, 5.41) is 2.93. The first-order valence-electron chi connectivity index (χ1n) is 9.31. The van der Waals surface area contributed by atoms with Crippen LogP contribution in [0.2, 0.25) is 0 Å². The topological polar surface area (TPSA) is 50.8 Å². The number of nitrogens with one attached hydrogen (secondary N) is 1. The minimum atomic E-state index is -2.92. The van der Waals surface area contributed by atoms with E-state index in [1.807, 2.05) is 31.2 Å². The molecule has 1 aliphatic rings. The van der Waals surface area contributed by atoms with Gasteiger partial charge < -0.3 is 19.7 Å². The Labute approximate surface area is 163 Å². The van der Waals surface area contributed by atoms with Gasteiger partial charge in [0.2, 0.25) is 0 Å². The molecule has 2 aromatic rings. The lowest BCUT2D eigenvalue weighted by Crippen LogP contribution is -2.36. The number of hydrogen-bond acceptors (Lipinski definition) is 3. The third-order valence-corrected chi connectivity index (χ3v) is 4.39. The summed E-state index contributed by atoms with van der Waals surface area (Å²) in [6.45, 7) is 1.49. The maximum atomic E-state index is 12.8. The quantitative estimate of drug-likeness (QED) is 0.675. The Morgan fingerprint density at radius 1 is 1.21 bits per heavy atom. The van der Waals surface area contributed by atoms with E-state index in [0.717, 1.165) is 29.7 Å². The average molecular weight is 390 g/mol. The first kappa shape index (κ1) is 19.9. The van der Waals surface area contributed by atoms with Crippen molar-refractivity contribution in [2.45, 2.75) is 45.9 Å². The van der Waals surface area contributed by atoms with E-state index in [1.54, 1.807) is 24.0 Å². The van der Waals surface area contributed by atoms with E-state index >= 15 is 0 Å². The van der Waals surface area contributed by atoms with Crippen molar-refractivity contribution in [1.29, 1.82) is 0 Å². The summed E-state index contributed by atoms with van der Waals surface area (Å²) in [6, 6.07) is 12.4. The minimum Gasteiger partial charge on any atom is -0.490 e. The fourth-order valence-electron chi connectivity index (χ4n) is 2.98. The maximum Gasteiger partial charge on any atom is 0.387 e. The molecule has 0 spiro atoms. The summed E-state index contributed by atoms with van der Waals surface area (Å²) in [7, 11) is 0. The van der Waals surface area contributed by atoms with E-state index in [-0.39, 0.29) is 23.6 Å². The van der Waals surface area contributed by atoms with Crippen LogP contribution in [-0.2, 0) is 6.54 Å². The number of nitrogens with zero attached hydrogens (tertiary/aromatic N) is 1. The molecule has 1 fully saturated rings. The van der Waals surface area contributed by atoms with E-state index in [0.29, 0.717) is 13.2 Å². The number of urea groups is 1. The normalized spacial score (nSPS) is 13.3. The lowest BCUT2D eigenvalue weighted by atomic mass is 10.2. The van der Waals surface area contributed by atoms with Crippen molar-refractivity contribution in [3.8, 4) is 11.5 Å². The molecule has 0 atom stereocenters. The van der Waals surface area contributed by atoms with Crippen LogP contribution >= 0.6 is 0 Å². The van der Waals surface area contributed by atoms with Crippen LogP contribution in [0.4, 0.5) is 19.3 Å². The highest BCUT2D eigenvalue weighted by atomic mass is 19.3. The third kappa shape index (κ3) is 5.34. The van der Waals surface area contributed by atoms with E-state index < -0.39 is 6.61 Å². The molecule has 1 N–H and O–H groups in total. The Morgan fingerprint density at radius 2 is 2.00 bits per heavy atom. The minimum absolute atomic E-state index is 0.0113. The van der Waals surface area contributed by atoms with Gasteiger partial charge in [0.1, 0.15) is 0 Å². The first-order chi connectivity index (χ1) is 13.5. The number of anilines is 1. The van der Waals surface area contributed by atoms with Crippen molar-refractivity contribution in [3.63, 3.8) is 0 Å². The van der Waals surface area contributed by atoms with Gasteiger partial charge in [-0.25, -0.2) is 4.79 Å². The van der Waals surface area contributed by atoms with Gasteiger partial charge in [-0.2, -0.15) is 8.78 Å².